The Morgan fingerprint density at radius 1 is 1.11 bits per heavy atom. The molecule has 2 aliphatic rings. The van der Waals surface area contributed by atoms with E-state index in [-0.39, 0.29) is 11.8 Å². The molecule has 2 aromatic rings. The number of aromatic nitrogens is 1. The van der Waals surface area contributed by atoms with E-state index in [1.807, 2.05) is 44.2 Å². The van der Waals surface area contributed by atoms with Crippen molar-refractivity contribution in [1.29, 1.82) is 0 Å². The Bertz CT molecular complexity index is 883. The van der Waals surface area contributed by atoms with E-state index >= 15 is 0 Å². The van der Waals surface area contributed by atoms with Crippen LogP contribution in [0.3, 0.4) is 0 Å². The number of hydrogen-bond acceptors (Lipinski definition) is 4. The highest BCUT2D eigenvalue weighted by Gasteiger charge is 2.48. The molecule has 0 saturated carbocycles. The minimum atomic E-state index is -0.869. The molecule has 140 valence electrons. The molecule has 1 aromatic heterocycles. The molecule has 0 spiro atoms. The Balaban J connectivity index is 1.66. The number of carbonyl (C=O) groups excluding carboxylic acids is 2. The smallest absolute Gasteiger partial charge is 0.254 e. The minimum Gasteiger partial charge on any atom is -0.474 e. The number of nitrogens with zero attached hydrogens (tertiary/aromatic N) is 3. The van der Waals surface area contributed by atoms with Crippen LogP contribution in [0.2, 0.25) is 0 Å². The number of ether oxygens (including phenoxy) is 1. The van der Waals surface area contributed by atoms with Gasteiger partial charge in [-0.05, 0) is 51.0 Å². The monoisotopic (exact) mass is 365 g/mol. The van der Waals surface area contributed by atoms with Crippen molar-refractivity contribution in [3.8, 4) is 5.88 Å². The van der Waals surface area contributed by atoms with Crippen molar-refractivity contribution < 1.29 is 14.3 Å². The summed E-state index contributed by atoms with van der Waals surface area (Å²) in [6.07, 6.45) is 1.46. The molecule has 1 aromatic carbocycles. The molecule has 1 fully saturated rings. The van der Waals surface area contributed by atoms with Crippen molar-refractivity contribution in [1.82, 2.24) is 9.88 Å². The Kier molecular flexibility index (Phi) is 4.34. The van der Waals surface area contributed by atoms with Gasteiger partial charge >= 0.3 is 0 Å². The van der Waals surface area contributed by atoms with Gasteiger partial charge < -0.3 is 14.5 Å². The molecule has 2 amide bonds. The molecule has 0 aliphatic carbocycles. The highest BCUT2D eigenvalue weighted by Crippen LogP contribution is 2.37. The number of anilines is 1. The predicted octanol–water partition coefficient (Wildman–Crippen LogP) is 2.81. The molecule has 4 rings (SSSR count). The molecule has 1 unspecified atom stereocenters. The third-order valence-electron chi connectivity index (χ3n) is 5.44. The molecule has 0 N–H and O–H groups in total. The lowest BCUT2D eigenvalue weighted by atomic mass is 9.95. The van der Waals surface area contributed by atoms with Gasteiger partial charge in [0.25, 0.3) is 11.8 Å². The van der Waals surface area contributed by atoms with Crippen LogP contribution >= 0.6 is 0 Å². The topological polar surface area (TPSA) is 62.7 Å². The molecule has 0 radical (unpaired) electrons. The minimum absolute atomic E-state index is 0.0699. The third-order valence-corrected chi connectivity index (χ3v) is 5.44. The maximum atomic E-state index is 13.6. The zero-order chi connectivity index (χ0) is 19.0. The summed E-state index contributed by atoms with van der Waals surface area (Å²) >= 11 is 0. The van der Waals surface area contributed by atoms with E-state index in [1.54, 1.807) is 21.9 Å². The normalized spacial score (nSPS) is 21.6. The molecular weight excluding hydrogens is 342 g/mol. The van der Waals surface area contributed by atoms with Gasteiger partial charge in [-0.2, -0.15) is 0 Å². The lowest BCUT2D eigenvalue weighted by molar-refractivity contribution is -0.127. The van der Waals surface area contributed by atoms with Crippen LogP contribution in [-0.2, 0) is 4.79 Å². The molecule has 3 heterocycles. The summed E-state index contributed by atoms with van der Waals surface area (Å²) in [5, 5.41) is 0. The van der Waals surface area contributed by atoms with Crippen LogP contribution < -0.4 is 9.64 Å². The fraction of sp³-hybridized carbons (Fsp3) is 0.381. The predicted molar refractivity (Wildman–Crippen MR) is 102 cm³/mol. The van der Waals surface area contributed by atoms with E-state index < -0.39 is 5.54 Å². The lowest BCUT2D eigenvalue weighted by Crippen LogP contribution is -2.58. The molecule has 6 nitrogen and oxygen atoms in total. The van der Waals surface area contributed by atoms with Crippen LogP contribution in [0.15, 0.2) is 42.5 Å². The maximum Gasteiger partial charge on any atom is 0.254 e. The van der Waals surface area contributed by atoms with Crippen molar-refractivity contribution in [2.24, 2.45) is 0 Å². The van der Waals surface area contributed by atoms with Gasteiger partial charge in [0.05, 0.1) is 6.54 Å². The van der Waals surface area contributed by atoms with Crippen LogP contribution in [0.25, 0.3) is 0 Å². The molecule has 2 aliphatic heterocycles. The molecular formula is C21H23N3O3. The van der Waals surface area contributed by atoms with E-state index in [0.717, 1.165) is 12.1 Å². The third kappa shape index (κ3) is 2.95. The second-order valence-corrected chi connectivity index (χ2v) is 7.28. The van der Waals surface area contributed by atoms with Crippen molar-refractivity contribution in [3.05, 3.63) is 53.7 Å². The number of amides is 2. The van der Waals surface area contributed by atoms with Gasteiger partial charge in [-0.1, -0.05) is 18.2 Å². The number of aryl methyl sites for hydroxylation is 1. The van der Waals surface area contributed by atoms with E-state index in [2.05, 4.69) is 4.98 Å². The highest BCUT2D eigenvalue weighted by molar-refractivity contribution is 6.05. The summed E-state index contributed by atoms with van der Waals surface area (Å²) in [4.78, 5) is 34.5. The first-order valence-electron chi connectivity index (χ1n) is 9.30. The lowest BCUT2D eigenvalue weighted by Gasteiger charge is -2.39. The summed E-state index contributed by atoms with van der Waals surface area (Å²) in [6, 6.07) is 12.9. The van der Waals surface area contributed by atoms with E-state index in [0.29, 0.717) is 43.2 Å². The summed E-state index contributed by atoms with van der Waals surface area (Å²) in [5.74, 6) is 0.316. The summed E-state index contributed by atoms with van der Waals surface area (Å²) in [6.45, 7) is 5.21. The highest BCUT2D eigenvalue weighted by atomic mass is 16.5. The second kappa shape index (κ2) is 6.68. The SMILES string of the molecule is Cc1ccc2c(n1)OCCN2C(=O)C1(C)CCCN1C(=O)c1ccccc1. The van der Waals surface area contributed by atoms with Crippen LogP contribution in [-0.4, -0.2) is 46.9 Å². The van der Waals surface area contributed by atoms with Crippen molar-refractivity contribution in [2.75, 3.05) is 24.6 Å². The quantitative estimate of drug-likeness (QED) is 0.821. The molecule has 6 heteroatoms. The summed E-state index contributed by atoms with van der Waals surface area (Å²) < 4.78 is 5.64. The standard InChI is InChI=1S/C21H23N3O3/c1-15-9-10-17-18(22-15)27-14-13-23(17)20(26)21(2)11-6-12-24(21)19(25)16-7-4-3-5-8-16/h3-5,7-10H,6,11-14H2,1-2H3. The van der Waals surface area contributed by atoms with Gasteiger partial charge in [0, 0.05) is 17.8 Å². The molecule has 1 atom stereocenters. The van der Waals surface area contributed by atoms with Crippen LogP contribution in [0.5, 0.6) is 5.88 Å². The molecule has 1 saturated heterocycles. The van der Waals surface area contributed by atoms with Crippen molar-refractivity contribution >= 4 is 17.5 Å². The summed E-state index contributed by atoms with van der Waals surface area (Å²) in [7, 11) is 0. The average molecular weight is 365 g/mol. The van der Waals surface area contributed by atoms with Gasteiger partial charge in [0.1, 0.15) is 17.8 Å². The van der Waals surface area contributed by atoms with Gasteiger partial charge in [0.15, 0.2) is 0 Å². The van der Waals surface area contributed by atoms with Crippen LogP contribution in [0.4, 0.5) is 5.69 Å². The Hall–Kier alpha value is -2.89. The van der Waals surface area contributed by atoms with Gasteiger partial charge in [0.2, 0.25) is 5.88 Å². The van der Waals surface area contributed by atoms with Gasteiger partial charge in [-0.3, -0.25) is 9.59 Å². The summed E-state index contributed by atoms with van der Waals surface area (Å²) in [5.41, 5.74) is 1.26. The fourth-order valence-electron chi connectivity index (χ4n) is 3.94. The van der Waals surface area contributed by atoms with Crippen LogP contribution in [0, 0.1) is 6.92 Å². The largest absolute Gasteiger partial charge is 0.474 e. The van der Waals surface area contributed by atoms with Crippen molar-refractivity contribution in [3.63, 3.8) is 0 Å². The van der Waals surface area contributed by atoms with E-state index in [9.17, 15) is 9.59 Å². The first-order valence-corrected chi connectivity index (χ1v) is 9.30. The molecule has 27 heavy (non-hydrogen) atoms. The van der Waals surface area contributed by atoms with E-state index in [4.69, 9.17) is 4.74 Å². The fourth-order valence-corrected chi connectivity index (χ4v) is 3.94. The van der Waals surface area contributed by atoms with Gasteiger partial charge in [-0.15, -0.1) is 0 Å². The number of fused-ring (bicyclic) bond motifs is 1. The van der Waals surface area contributed by atoms with Gasteiger partial charge in [-0.25, -0.2) is 4.98 Å². The zero-order valence-corrected chi connectivity index (χ0v) is 15.6. The Labute approximate surface area is 158 Å². The number of pyridine rings is 1. The first-order chi connectivity index (χ1) is 13.0. The number of likely N-dealkylation sites (tertiary alicyclic amines) is 1. The number of carbonyl (C=O) groups is 2. The van der Waals surface area contributed by atoms with Crippen LogP contribution in [0.1, 0.15) is 35.8 Å². The number of rotatable bonds is 2. The zero-order valence-electron chi connectivity index (χ0n) is 15.6. The first kappa shape index (κ1) is 17.5. The Morgan fingerprint density at radius 3 is 2.67 bits per heavy atom. The van der Waals surface area contributed by atoms with E-state index in [1.165, 1.54) is 0 Å². The van der Waals surface area contributed by atoms with Crippen molar-refractivity contribution in [2.45, 2.75) is 32.2 Å². The average Bonchev–Trinajstić information content (AvgIpc) is 3.09. The second-order valence-electron chi connectivity index (χ2n) is 7.28. The maximum absolute atomic E-state index is 13.6. The Morgan fingerprint density at radius 2 is 1.89 bits per heavy atom. The molecule has 0 bridgehead atoms. The number of benzene rings is 1. The number of hydrogen-bond donors (Lipinski definition) is 0.